The number of nitrogens with zero attached hydrogens (tertiary/aromatic N) is 1. The lowest BCUT2D eigenvalue weighted by molar-refractivity contribution is 1.35. The normalized spacial score (nSPS) is 11.5. The Morgan fingerprint density at radius 1 is 0.815 bits per heavy atom. The molecule has 2 aromatic heterocycles. The average Bonchev–Trinajstić information content (AvgIpc) is 2.68. The second kappa shape index (κ2) is 5.78. The molecule has 0 amide bonds. The third-order valence-corrected chi connectivity index (χ3v) is 5.10. The number of rotatable bonds is 1. The Hall–Kier alpha value is -3.46. The van der Waals surface area contributed by atoms with Gasteiger partial charge in [0.25, 0.3) is 0 Å². The molecule has 0 aliphatic rings. The molecule has 5 rings (SSSR count). The number of fused-ring (bicyclic) bond motifs is 3. The Bertz CT molecular complexity index is 1390. The van der Waals surface area contributed by atoms with Crippen molar-refractivity contribution in [1.29, 1.82) is 0 Å². The molecule has 130 valence electrons. The first kappa shape index (κ1) is 15.8. The Morgan fingerprint density at radius 2 is 1.52 bits per heavy atom. The van der Waals surface area contributed by atoms with Gasteiger partial charge >= 0.3 is 0 Å². The van der Waals surface area contributed by atoms with Crippen LogP contribution < -0.4 is 5.43 Å². The summed E-state index contributed by atoms with van der Waals surface area (Å²) in [6.07, 6.45) is 0. The zero-order chi connectivity index (χ0) is 18.5. The second-order valence-electron chi connectivity index (χ2n) is 7.10. The molecular weight excluding hydrogens is 332 g/mol. The molecule has 3 aromatic carbocycles. The number of nitrogens with one attached hydrogen (secondary N) is 1. The number of pyridine rings is 2. The highest BCUT2D eigenvalue weighted by Crippen LogP contribution is 2.34. The van der Waals surface area contributed by atoms with Crippen molar-refractivity contribution < 1.29 is 0 Å². The number of aryl methyl sites for hydroxylation is 2. The van der Waals surface area contributed by atoms with Crippen LogP contribution in [0.2, 0.25) is 0 Å². The molecule has 5 aromatic rings. The van der Waals surface area contributed by atoms with Crippen LogP contribution in [0.15, 0.2) is 71.5 Å². The van der Waals surface area contributed by atoms with Gasteiger partial charge in [-0.05, 0) is 43.7 Å². The summed E-state index contributed by atoms with van der Waals surface area (Å²) in [5.41, 5.74) is 6.54. The Balaban J connectivity index is 2.08. The molecule has 3 heteroatoms. The first-order valence-electron chi connectivity index (χ1n) is 9.04. The van der Waals surface area contributed by atoms with Gasteiger partial charge in [0, 0.05) is 16.3 Å². The van der Waals surface area contributed by atoms with Crippen LogP contribution in [0.1, 0.15) is 11.1 Å². The largest absolute Gasteiger partial charge is 0.339 e. The maximum absolute atomic E-state index is 13.5. The van der Waals surface area contributed by atoms with Crippen LogP contribution >= 0.6 is 0 Å². The lowest BCUT2D eigenvalue weighted by Crippen LogP contribution is -2.08. The Morgan fingerprint density at radius 3 is 2.30 bits per heavy atom. The van der Waals surface area contributed by atoms with Gasteiger partial charge in [-0.2, -0.15) is 0 Å². The molecule has 0 fully saturated rings. The number of H-pyrrole nitrogens is 1. The fourth-order valence-corrected chi connectivity index (χ4v) is 3.81. The maximum atomic E-state index is 13.5. The van der Waals surface area contributed by atoms with E-state index in [1.165, 1.54) is 0 Å². The average molecular weight is 350 g/mol. The number of hydrogen-bond acceptors (Lipinski definition) is 2. The molecule has 0 saturated carbocycles. The van der Waals surface area contributed by atoms with Crippen molar-refractivity contribution in [3.8, 4) is 11.1 Å². The van der Waals surface area contributed by atoms with Crippen LogP contribution in [-0.2, 0) is 0 Å². The van der Waals surface area contributed by atoms with Crippen molar-refractivity contribution in [2.75, 3.05) is 0 Å². The van der Waals surface area contributed by atoms with Gasteiger partial charge in [0.2, 0.25) is 0 Å². The predicted octanol–water partition coefficient (Wildman–Crippen LogP) is 5.51. The highest BCUT2D eigenvalue weighted by molar-refractivity contribution is 6.10. The van der Waals surface area contributed by atoms with Crippen LogP contribution in [-0.4, -0.2) is 9.97 Å². The Kier molecular flexibility index (Phi) is 3.37. The number of benzene rings is 3. The van der Waals surface area contributed by atoms with Gasteiger partial charge in [0.1, 0.15) is 5.65 Å². The summed E-state index contributed by atoms with van der Waals surface area (Å²) in [5, 5.41) is 2.36. The maximum Gasteiger partial charge on any atom is 0.199 e. The number of aromatic nitrogens is 2. The van der Waals surface area contributed by atoms with Gasteiger partial charge in [0.05, 0.1) is 16.4 Å². The second-order valence-corrected chi connectivity index (χ2v) is 7.10. The van der Waals surface area contributed by atoms with Crippen molar-refractivity contribution in [2.24, 2.45) is 0 Å². The van der Waals surface area contributed by atoms with Crippen molar-refractivity contribution in [3.63, 3.8) is 0 Å². The first-order chi connectivity index (χ1) is 13.1. The third kappa shape index (κ3) is 2.43. The first-order valence-corrected chi connectivity index (χ1v) is 9.04. The van der Waals surface area contributed by atoms with Gasteiger partial charge in [0.15, 0.2) is 5.43 Å². The minimum atomic E-state index is 0.0252. The van der Waals surface area contributed by atoms with E-state index in [1.54, 1.807) is 0 Å². The summed E-state index contributed by atoms with van der Waals surface area (Å²) in [6, 6.07) is 22.2. The third-order valence-electron chi connectivity index (χ3n) is 5.10. The molecular formula is C24H18N2O. The van der Waals surface area contributed by atoms with Crippen molar-refractivity contribution in [2.45, 2.75) is 13.8 Å². The Labute approximate surface area is 156 Å². The molecule has 0 spiro atoms. The lowest BCUT2D eigenvalue weighted by atomic mass is 9.95. The summed E-state index contributed by atoms with van der Waals surface area (Å²) in [4.78, 5) is 21.7. The molecule has 2 heterocycles. The van der Waals surface area contributed by atoms with Crippen LogP contribution in [0.5, 0.6) is 0 Å². The van der Waals surface area contributed by atoms with E-state index in [0.717, 1.165) is 38.7 Å². The molecule has 3 nitrogen and oxygen atoms in total. The zero-order valence-corrected chi connectivity index (χ0v) is 15.2. The van der Waals surface area contributed by atoms with E-state index >= 15 is 0 Å². The lowest BCUT2D eigenvalue weighted by Gasteiger charge is -2.12. The molecule has 27 heavy (non-hydrogen) atoms. The van der Waals surface area contributed by atoms with Crippen LogP contribution in [0, 0.1) is 13.8 Å². The van der Waals surface area contributed by atoms with Crippen molar-refractivity contribution >= 4 is 32.8 Å². The van der Waals surface area contributed by atoms with Gasteiger partial charge in [-0.1, -0.05) is 53.6 Å². The fraction of sp³-hybridized carbons (Fsp3) is 0.0833. The quantitative estimate of drug-likeness (QED) is 0.405. The molecule has 0 bridgehead atoms. The van der Waals surface area contributed by atoms with E-state index in [0.29, 0.717) is 16.4 Å². The van der Waals surface area contributed by atoms with Gasteiger partial charge in [-0.3, -0.25) is 4.79 Å². The summed E-state index contributed by atoms with van der Waals surface area (Å²) >= 11 is 0. The van der Waals surface area contributed by atoms with Gasteiger partial charge in [-0.25, -0.2) is 4.98 Å². The molecule has 0 saturated heterocycles. The van der Waals surface area contributed by atoms with E-state index in [2.05, 4.69) is 36.2 Å². The standard InChI is InChI=1S/C24H18N2O/c1-14-8-10-19-17(12-14)21(16-6-4-3-5-7-16)22-23(27)18-13-15(2)9-11-20(18)26-24(22)25-19/h3-13H,1-2H3,(H,25,26,27). The van der Waals surface area contributed by atoms with E-state index < -0.39 is 0 Å². The summed E-state index contributed by atoms with van der Waals surface area (Å²) < 4.78 is 0. The molecule has 1 N–H and O–H groups in total. The number of aromatic amines is 1. The van der Waals surface area contributed by atoms with Crippen molar-refractivity contribution in [3.05, 3.63) is 88.1 Å². The highest BCUT2D eigenvalue weighted by atomic mass is 16.1. The summed E-state index contributed by atoms with van der Waals surface area (Å²) in [5.74, 6) is 0. The molecule has 0 unspecified atom stereocenters. The fourth-order valence-electron chi connectivity index (χ4n) is 3.81. The van der Waals surface area contributed by atoms with E-state index in [-0.39, 0.29) is 5.43 Å². The van der Waals surface area contributed by atoms with E-state index in [9.17, 15) is 4.79 Å². The highest BCUT2D eigenvalue weighted by Gasteiger charge is 2.16. The van der Waals surface area contributed by atoms with E-state index in [4.69, 9.17) is 4.98 Å². The minimum Gasteiger partial charge on any atom is -0.339 e. The molecule has 0 radical (unpaired) electrons. The topological polar surface area (TPSA) is 45.8 Å². The van der Waals surface area contributed by atoms with Crippen LogP contribution in [0.3, 0.4) is 0 Å². The summed E-state index contributed by atoms with van der Waals surface area (Å²) in [6.45, 7) is 4.07. The predicted molar refractivity (Wildman–Crippen MR) is 112 cm³/mol. The van der Waals surface area contributed by atoms with Gasteiger partial charge < -0.3 is 4.98 Å². The minimum absolute atomic E-state index is 0.0252. The smallest absolute Gasteiger partial charge is 0.199 e. The zero-order valence-electron chi connectivity index (χ0n) is 15.2. The van der Waals surface area contributed by atoms with Crippen LogP contribution in [0.4, 0.5) is 0 Å². The SMILES string of the molecule is Cc1ccc2nc3[nH]c4ccc(C)cc4c(=O)c3c(-c3ccccc3)c2c1. The van der Waals surface area contributed by atoms with E-state index in [1.807, 2.05) is 49.4 Å². The molecule has 0 atom stereocenters. The summed E-state index contributed by atoms with van der Waals surface area (Å²) in [7, 11) is 0. The van der Waals surface area contributed by atoms with Crippen LogP contribution in [0.25, 0.3) is 44.0 Å². The van der Waals surface area contributed by atoms with Crippen molar-refractivity contribution in [1.82, 2.24) is 9.97 Å². The molecule has 0 aliphatic heterocycles. The molecule has 0 aliphatic carbocycles. The number of hydrogen-bond donors (Lipinski definition) is 1. The monoisotopic (exact) mass is 350 g/mol. The van der Waals surface area contributed by atoms with Gasteiger partial charge in [-0.15, -0.1) is 0 Å².